The van der Waals surface area contributed by atoms with E-state index in [1.165, 1.54) is 18.6 Å². The number of unbranched alkanes of at least 4 members (excludes halogenated alkanes) is 1. The van der Waals surface area contributed by atoms with Gasteiger partial charge in [0.25, 0.3) is 0 Å². The van der Waals surface area contributed by atoms with E-state index in [9.17, 15) is 4.79 Å². The molecule has 1 aliphatic rings. The van der Waals surface area contributed by atoms with Crippen LogP contribution in [0.2, 0.25) is 0 Å². The molecule has 0 bridgehead atoms. The van der Waals surface area contributed by atoms with Crippen molar-refractivity contribution in [1.82, 2.24) is 15.2 Å². The molecule has 1 aliphatic heterocycles. The Morgan fingerprint density at radius 3 is 3.05 bits per heavy atom. The van der Waals surface area contributed by atoms with Crippen LogP contribution in [0.4, 0.5) is 5.95 Å². The minimum absolute atomic E-state index is 0.0125. The number of aromatic nitrogens is 3. The largest absolute Gasteiger partial charge is 0.293 e. The fourth-order valence-electron chi connectivity index (χ4n) is 2.24. The van der Waals surface area contributed by atoms with Gasteiger partial charge in [-0.3, -0.25) is 15.2 Å². The van der Waals surface area contributed by atoms with Gasteiger partial charge in [-0.05, 0) is 25.2 Å². The number of carbonyl (C=O) groups is 1. The summed E-state index contributed by atoms with van der Waals surface area (Å²) in [5, 5.41) is 10.5. The molecule has 2 heterocycles. The predicted octanol–water partition coefficient (Wildman–Crippen LogP) is 3.66. The van der Waals surface area contributed by atoms with Crippen molar-refractivity contribution >= 4 is 33.4 Å². The number of nitrogens with zero attached hydrogens (tertiary/aromatic N) is 2. The van der Waals surface area contributed by atoms with Gasteiger partial charge >= 0.3 is 0 Å². The Kier molecular flexibility index (Phi) is 6.89. The number of hydrogen-bond donors (Lipinski definition) is 2. The van der Waals surface area contributed by atoms with Crippen LogP contribution in [-0.4, -0.2) is 32.1 Å². The van der Waals surface area contributed by atoms with Gasteiger partial charge in [0.05, 0.1) is 0 Å². The Bertz CT molecular complexity index is 444. The minimum Gasteiger partial charge on any atom is -0.293 e. The zero-order valence-electron chi connectivity index (χ0n) is 12.7. The van der Waals surface area contributed by atoms with E-state index in [4.69, 9.17) is 0 Å². The zero-order chi connectivity index (χ0) is 15.1. The van der Waals surface area contributed by atoms with Crippen LogP contribution in [0.1, 0.15) is 51.8 Å². The Morgan fingerprint density at radius 2 is 2.33 bits per heavy atom. The second-order valence-corrected chi connectivity index (χ2v) is 8.61. The molecule has 7 heteroatoms. The molecule has 2 N–H and O–H groups in total. The Hall–Kier alpha value is -0.690. The molecule has 1 aromatic rings. The lowest BCUT2D eigenvalue weighted by Gasteiger charge is -2.06. The van der Waals surface area contributed by atoms with E-state index in [0.717, 1.165) is 30.3 Å². The number of carbonyl (C=O) groups excluding carboxylic acids is 1. The summed E-state index contributed by atoms with van der Waals surface area (Å²) in [6.07, 6.45) is 6.01. The van der Waals surface area contributed by atoms with Gasteiger partial charge in [0.15, 0.2) is 0 Å². The topological polar surface area (TPSA) is 70.7 Å². The molecule has 1 atom stereocenters. The predicted molar refractivity (Wildman–Crippen MR) is 90.5 cm³/mol. The first-order valence-electron chi connectivity index (χ1n) is 7.63. The van der Waals surface area contributed by atoms with Crippen molar-refractivity contribution in [3.05, 3.63) is 5.82 Å². The van der Waals surface area contributed by atoms with Crippen LogP contribution in [0, 0.1) is 5.92 Å². The summed E-state index contributed by atoms with van der Waals surface area (Å²) in [4.78, 5) is 16.1. The van der Waals surface area contributed by atoms with Gasteiger partial charge in [-0.2, -0.15) is 4.98 Å². The molecule has 1 fully saturated rings. The van der Waals surface area contributed by atoms with Gasteiger partial charge < -0.3 is 0 Å². The van der Waals surface area contributed by atoms with E-state index in [0.29, 0.717) is 18.3 Å². The Labute approximate surface area is 134 Å². The van der Waals surface area contributed by atoms with E-state index in [2.05, 4.69) is 34.3 Å². The maximum absolute atomic E-state index is 11.8. The quantitative estimate of drug-likeness (QED) is 0.563. The number of anilines is 1. The molecule has 1 aromatic heterocycles. The van der Waals surface area contributed by atoms with Crippen molar-refractivity contribution in [2.45, 2.75) is 57.6 Å². The molecule has 118 valence electrons. The number of hydrogen-bond acceptors (Lipinski definition) is 5. The third-order valence-corrected chi connectivity index (χ3v) is 6.30. The summed E-state index contributed by atoms with van der Waals surface area (Å²) in [5.41, 5.74) is 0. The summed E-state index contributed by atoms with van der Waals surface area (Å²) < 4.78 is 0. The molecule has 5 nitrogen and oxygen atoms in total. The molecule has 0 spiro atoms. The highest BCUT2D eigenvalue weighted by atomic mass is 33.1. The number of amides is 1. The van der Waals surface area contributed by atoms with E-state index < -0.39 is 0 Å². The fraction of sp³-hybridized carbons (Fsp3) is 0.786. The minimum atomic E-state index is 0.0125. The maximum atomic E-state index is 11.8. The molecular weight excluding hydrogens is 304 g/mol. The van der Waals surface area contributed by atoms with Crippen LogP contribution in [0.15, 0.2) is 0 Å². The van der Waals surface area contributed by atoms with E-state index in [1.54, 1.807) is 0 Å². The molecule has 1 saturated heterocycles. The van der Waals surface area contributed by atoms with Crippen LogP contribution in [0.3, 0.4) is 0 Å². The van der Waals surface area contributed by atoms with Crippen molar-refractivity contribution in [2.24, 2.45) is 5.92 Å². The molecule has 2 rings (SSSR count). The smallest absolute Gasteiger partial charge is 0.248 e. The van der Waals surface area contributed by atoms with Crippen LogP contribution in [0.25, 0.3) is 0 Å². The van der Waals surface area contributed by atoms with E-state index >= 15 is 0 Å². The second-order valence-electron chi connectivity index (χ2n) is 5.83. The van der Waals surface area contributed by atoms with Crippen molar-refractivity contribution in [2.75, 3.05) is 11.1 Å². The first kappa shape index (κ1) is 16.7. The Balaban J connectivity index is 1.61. The van der Waals surface area contributed by atoms with Crippen LogP contribution in [0.5, 0.6) is 0 Å². The lowest BCUT2D eigenvalue weighted by Crippen LogP contribution is -2.12. The molecule has 0 radical (unpaired) electrons. The molecule has 0 unspecified atom stereocenters. The number of aromatic amines is 1. The third-order valence-electron chi connectivity index (χ3n) is 3.29. The van der Waals surface area contributed by atoms with Crippen molar-refractivity contribution in [3.63, 3.8) is 0 Å². The lowest BCUT2D eigenvalue weighted by atomic mass is 10.1. The maximum Gasteiger partial charge on any atom is 0.248 e. The van der Waals surface area contributed by atoms with E-state index in [1.807, 2.05) is 21.6 Å². The van der Waals surface area contributed by atoms with Crippen LogP contribution < -0.4 is 5.32 Å². The first-order chi connectivity index (χ1) is 10.1. The summed E-state index contributed by atoms with van der Waals surface area (Å²) in [7, 11) is 3.98. The molecule has 1 amide bonds. The summed E-state index contributed by atoms with van der Waals surface area (Å²) in [6, 6.07) is 0. The fourth-order valence-corrected chi connectivity index (χ4v) is 5.27. The van der Waals surface area contributed by atoms with Gasteiger partial charge in [-0.1, -0.05) is 41.9 Å². The van der Waals surface area contributed by atoms with Gasteiger partial charge in [-0.25, -0.2) is 0 Å². The zero-order valence-corrected chi connectivity index (χ0v) is 14.4. The number of rotatable bonds is 8. The number of nitrogens with one attached hydrogen (secondary N) is 2. The second kappa shape index (κ2) is 8.68. The average Bonchev–Trinajstić information content (AvgIpc) is 3.06. The van der Waals surface area contributed by atoms with Gasteiger partial charge in [-0.15, -0.1) is 5.10 Å². The SMILES string of the molecule is CC(C)Cc1nc(NC(=O)CCCC[C@@H]2CCSS2)n[nH]1. The highest BCUT2D eigenvalue weighted by Crippen LogP contribution is 2.39. The van der Waals surface area contributed by atoms with Crippen molar-refractivity contribution in [1.29, 1.82) is 0 Å². The van der Waals surface area contributed by atoms with Crippen molar-refractivity contribution in [3.8, 4) is 0 Å². The lowest BCUT2D eigenvalue weighted by molar-refractivity contribution is -0.116. The Morgan fingerprint density at radius 1 is 1.48 bits per heavy atom. The molecular formula is C14H24N4OS2. The van der Waals surface area contributed by atoms with Gasteiger partial charge in [0.2, 0.25) is 11.9 Å². The van der Waals surface area contributed by atoms with Gasteiger partial charge in [0.1, 0.15) is 5.82 Å². The third kappa shape index (κ3) is 6.30. The highest BCUT2D eigenvalue weighted by Gasteiger charge is 2.16. The van der Waals surface area contributed by atoms with Crippen LogP contribution in [-0.2, 0) is 11.2 Å². The normalized spacial score (nSPS) is 18.3. The summed E-state index contributed by atoms with van der Waals surface area (Å²) in [5.74, 6) is 3.04. The molecule has 0 aliphatic carbocycles. The summed E-state index contributed by atoms with van der Waals surface area (Å²) in [6.45, 7) is 4.25. The average molecular weight is 329 g/mol. The molecule has 0 aromatic carbocycles. The molecule has 21 heavy (non-hydrogen) atoms. The summed E-state index contributed by atoms with van der Waals surface area (Å²) >= 11 is 0. The van der Waals surface area contributed by atoms with Crippen molar-refractivity contribution < 1.29 is 4.79 Å². The monoisotopic (exact) mass is 328 g/mol. The standard InChI is InChI=1S/C14H24N4OS2/c1-10(2)9-12-15-14(18-17-12)16-13(19)6-4-3-5-11-7-8-20-21-11/h10-11H,3-9H2,1-2H3,(H2,15,16,17,18,19)/t11-/m1/s1. The molecule has 0 saturated carbocycles. The van der Waals surface area contributed by atoms with E-state index in [-0.39, 0.29) is 5.91 Å². The van der Waals surface area contributed by atoms with Crippen LogP contribution >= 0.6 is 21.6 Å². The number of H-pyrrole nitrogens is 1. The highest BCUT2D eigenvalue weighted by molar-refractivity contribution is 8.77. The first-order valence-corrected chi connectivity index (χ1v) is 10.0. The van der Waals surface area contributed by atoms with Gasteiger partial charge in [0, 0.05) is 23.8 Å².